The summed E-state index contributed by atoms with van der Waals surface area (Å²) in [5.41, 5.74) is 7.37. The van der Waals surface area contributed by atoms with E-state index >= 15 is 0 Å². The van der Waals surface area contributed by atoms with E-state index in [4.69, 9.17) is 97.8 Å². The van der Waals surface area contributed by atoms with Crippen molar-refractivity contribution in [2.45, 2.75) is 0 Å². The topological polar surface area (TPSA) is 51.8 Å². The third kappa shape index (κ3) is 5.66. The summed E-state index contributed by atoms with van der Waals surface area (Å²) in [5, 5.41) is 1.54. The fourth-order valence-corrected chi connectivity index (χ4v) is 6.66. The van der Waals surface area contributed by atoms with Crippen molar-refractivity contribution < 1.29 is 4.42 Å². The quantitative estimate of drug-likeness (QED) is 0.204. The van der Waals surface area contributed by atoms with Crippen molar-refractivity contribution in [3.63, 3.8) is 0 Å². The summed E-state index contributed by atoms with van der Waals surface area (Å²) in [6.45, 7) is 0. The molecule has 53 heavy (non-hydrogen) atoms. The Balaban J connectivity index is 1.32. The molecule has 0 aliphatic heterocycles. The Morgan fingerprint density at radius 1 is 0.358 bits per heavy atom. The lowest BCUT2D eigenvalue weighted by molar-refractivity contribution is 0.670. The zero-order chi connectivity index (χ0) is 37.3. The van der Waals surface area contributed by atoms with E-state index in [0.717, 1.165) is 16.3 Å². The molecule has 0 amide bonds. The number of fused-ring (bicyclic) bond motifs is 3. The molecule has 0 bridgehead atoms. The van der Waals surface area contributed by atoms with Gasteiger partial charge in [-0.3, -0.25) is 0 Å². The largest absolute Gasteiger partial charge is 0.455 e. The number of para-hydroxylation sites is 1. The monoisotopic (exact) mass is 651 g/mol. The Kier molecular flexibility index (Phi) is 8.76. The van der Waals surface area contributed by atoms with E-state index in [1.54, 1.807) is 0 Å². The van der Waals surface area contributed by atoms with Crippen LogP contribution in [0.1, 0.15) is 0 Å². The van der Waals surface area contributed by atoms with E-state index in [1.165, 1.54) is 0 Å². The van der Waals surface area contributed by atoms with Crippen molar-refractivity contribution in [1.29, 1.82) is 0 Å². The Bertz CT molecular complexity index is 2730. The van der Waals surface area contributed by atoms with Crippen LogP contribution in [-0.2, 0) is 0 Å². The maximum atomic E-state index is 6.51. The smallest absolute Gasteiger partial charge is 0.164 e. The van der Waals surface area contributed by atoms with Crippen LogP contribution in [-0.4, -0.2) is 93.4 Å². The summed E-state index contributed by atoms with van der Waals surface area (Å²) in [5.74, 6) is 1.32. The second kappa shape index (κ2) is 13.3. The molecule has 0 fully saturated rings. The van der Waals surface area contributed by atoms with Gasteiger partial charge in [0, 0.05) is 33.0 Å². The first kappa shape index (κ1) is 34.8. The highest BCUT2D eigenvalue weighted by Gasteiger charge is 2.22. The SMILES string of the molecule is [B]c1c([B])c([B])c(-c2ccc(-c3nc(-c4ccccc4)nc(-c4cccc5oc6c(-c7c([B])c([B])c([B])c([B])c7[B])cccc6c45)n3)cc2)c([B])c1[B]. The van der Waals surface area contributed by atoms with Gasteiger partial charge in [-0.05, 0) is 22.8 Å². The molecule has 0 aliphatic carbocycles. The van der Waals surface area contributed by atoms with Gasteiger partial charge >= 0.3 is 0 Å². The van der Waals surface area contributed by atoms with Gasteiger partial charge in [-0.2, -0.15) is 0 Å². The Morgan fingerprint density at radius 3 is 1.40 bits per heavy atom. The highest BCUT2D eigenvalue weighted by Crippen LogP contribution is 2.39. The molecule has 0 spiro atoms. The molecule has 8 aromatic rings. The highest BCUT2D eigenvalue weighted by atomic mass is 16.3. The molecule has 14 heteroatoms. The van der Waals surface area contributed by atoms with Crippen LogP contribution in [0.3, 0.4) is 0 Å². The number of benzene rings is 6. The van der Waals surface area contributed by atoms with Crippen molar-refractivity contribution >= 4 is 155 Å². The minimum atomic E-state index is 0.130. The molecule has 0 saturated carbocycles. The van der Waals surface area contributed by atoms with Crippen LogP contribution in [0.15, 0.2) is 95.4 Å². The summed E-state index contributed by atoms with van der Waals surface area (Å²) in [6.07, 6.45) is 0. The number of nitrogens with zero attached hydrogens (tertiary/aromatic N) is 3. The lowest BCUT2D eigenvalue weighted by Crippen LogP contribution is -2.55. The maximum Gasteiger partial charge on any atom is 0.164 e. The predicted octanol–water partition coefficient (Wildman–Crippen LogP) is -1.96. The van der Waals surface area contributed by atoms with E-state index in [2.05, 4.69) is 0 Å². The van der Waals surface area contributed by atoms with Crippen molar-refractivity contribution in [2.24, 2.45) is 0 Å². The minimum absolute atomic E-state index is 0.130. The summed E-state index contributed by atoms with van der Waals surface area (Å²) in [6, 6.07) is 28.4. The normalized spacial score (nSPS) is 11.4. The fourth-order valence-electron chi connectivity index (χ4n) is 6.66. The van der Waals surface area contributed by atoms with Gasteiger partial charge in [0.15, 0.2) is 17.5 Å². The van der Waals surface area contributed by atoms with Gasteiger partial charge in [-0.15, -0.1) is 32.8 Å². The first-order valence-corrected chi connectivity index (χ1v) is 16.4. The zero-order valence-corrected chi connectivity index (χ0v) is 28.2. The summed E-state index contributed by atoms with van der Waals surface area (Å²) >= 11 is 0. The molecule has 0 N–H and O–H groups in total. The minimum Gasteiger partial charge on any atom is -0.455 e. The summed E-state index contributed by atoms with van der Waals surface area (Å²) in [4.78, 5) is 14.9. The van der Waals surface area contributed by atoms with Crippen LogP contribution in [0.25, 0.3) is 78.4 Å². The molecule has 6 aromatic carbocycles. The number of hydrogen-bond acceptors (Lipinski definition) is 4. The summed E-state index contributed by atoms with van der Waals surface area (Å²) < 4.78 is 6.51. The molecule has 222 valence electrons. The van der Waals surface area contributed by atoms with Crippen LogP contribution in [0, 0.1) is 0 Å². The number of rotatable bonds is 5. The molecular formula is C39H15B10N3O. The van der Waals surface area contributed by atoms with Gasteiger partial charge in [-0.25, -0.2) is 15.0 Å². The third-order valence-electron chi connectivity index (χ3n) is 9.53. The Labute approximate surface area is 320 Å². The number of furan rings is 1. The van der Waals surface area contributed by atoms with E-state index < -0.39 is 0 Å². The summed E-state index contributed by atoms with van der Waals surface area (Å²) in [7, 11) is 62.5. The van der Waals surface area contributed by atoms with Crippen LogP contribution in [0.5, 0.6) is 0 Å². The van der Waals surface area contributed by atoms with E-state index in [0.29, 0.717) is 62.0 Å². The Hall–Kier alpha value is -5.22. The van der Waals surface area contributed by atoms with Crippen molar-refractivity contribution in [1.82, 2.24) is 15.0 Å². The zero-order valence-electron chi connectivity index (χ0n) is 28.2. The van der Waals surface area contributed by atoms with Gasteiger partial charge in [-0.1, -0.05) is 107 Å². The molecular weight excluding hydrogens is 635 g/mol. The molecule has 4 nitrogen and oxygen atoms in total. The molecule has 0 saturated heterocycles. The van der Waals surface area contributed by atoms with Gasteiger partial charge in [0.1, 0.15) is 89.6 Å². The second-order valence-electron chi connectivity index (χ2n) is 12.6. The van der Waals surface area contributed by atoms with Gasteiger partial charge in [0.25, 0.3) is 0 Å². The molecule has 0 aliphatic rings. The van der Waals surface area contributed by atoms with Gasteiger partial charge < -0.3 is 4.42 Å². The molecule has 8 rings (SSSR count). The molecule has 2 heterocycles. The lowest BCUT2D eigenvalue weighted by Gasteiger charge is -2.21. The standard InChI is InChI=1S/C39H15B10N3O/c40-26-23(27(41)31(45)34(48)30(26)44)16-12-14-18(15-13-16)38-50-37(17-6-2-1-3-7-17)51-39(52-38)21-10-5-11-22-24(21)19-8-4-9-20(36(19)53-22)25-28(42)32(46)35(49)33(47)29(25)43/h1-15H. The molecule has 0 unspecified atom stereocenters. The fraction of sp³-hybridized carbons (Fsp3) is 0. The molecule has 0 atom stereocenters. The van der Waals surface area contributed by atoms with E-state index in [-0.39, 0.29) is 54.6 Å². The number of hydrogen-bond donors (Lipinski definition) is 0. The third-order valence-corrected chi connectivity index (χ3v) is 9.53. The van der Waals surface area contributed by atoms with Crippen molar-refractivity contribution in [2.75, 3.05) is 0 Å². The average molecular weight is 650 g/mol. The van der Waals surface area contributed by atoms with Crippen LogP contribution < -0.4 is 54.6 Å². The first-order valence-electron chi connectivity index (χ1n) is 16.4. The maximum absolute atomic E-state index is 6.51. The molecule has 2 aromatic heterocycles. The van der Waals surface area contributed by atoms with Gasteiger partial charge in [0.05, 0.1) is 0 Å². The molecule has 20 radical (unpaired) electrons. The van der Waals surface area contributed by atoms with Crippen molar-refractivity contribution in [3.8, 4) is 56.4 Å². The lowest BCUT2D eigenvalue weighted by atomic mass is 9.59. The van der Waals surface area contributed by atoms with E-state index in [9.17, 15) is 0 Å². The van der Waals surface area contributed by atoms with Crippen LogP contribution in [0.2, 0.25) is 0 Å². The van der Waals surface area contributed by atoms with Crippen LogP contribution >= 0.6 is 0 Å². The van der Waals surface area contributed by atoms with Crippen LogP contribution in [0.4, 0.5) is 0 Å². The average Bonchev–Trinajstić information content (AvgIpc) is 3.58. The highest BCUT2D eigenvalue weighted by molar-refractivity contribution is 6.70. The number of aromatic nitrogens is 3. The first-order chi connectivity index (χ1) is 25.5. The van der Waals surface area contributed by atoms with Crippen molar-refractivity contribution in [3.05, 3.63) is 91.0 Å². The predicted molar refractivity (Wildman–Crippen MR) is 228 cm³/mol. The Morgan fingerprint density at radius 2 is 0.811 bits per heavy atom. The second-order valence-corrected chi connectivity index (χ2v) is 12.6. The van der Waals surface area contributed by atoms with Gasteiger partial charge in [0.2, 0.25) is 0 Å². The van der Waals surface area contributed by atoms with E-state index in [1.807, 2.05) is 91.0 Å².